The van der Waals surface area contributed by atoms with Crippen LogP contribution in [-0.2, 0) is 16.1 Å². The molecule has 1 atom stereocenters. The van der Waals surface area contributed by atoms with E-state index in [1.807, 2.05) is 6.92 Å². The first-order chi connectivity index (χ1) is 15.2. The van der Waals surface area contributed by atoms with Crippen molar-refractivity contribution in [3.63, 3.8) is 0 Å². The fourth-order valence-corrected chi connectivity index (χ4v) is 3.14. The summed E-state index contributed by atoms with van der Waals surface area (Å²) in [4.78, 5) is 48.2. The zero-order chi connectivity index (χ0) is 23.4. The predicted octanol–water partition coefficient (Wildman–Crippen LogP) is 3.55. The van der Waals surface area contributed by atoms with Crippen LogP contribution in [0.2, 0.25) is 5.02 Å². The Balaban J connectivity index is 1.84. The zero-order valence-corrected chi connectivity index (χ0v) is 18.0. The van der Waals surface area contributed by atoms with Crippen molar-refractivity contribution in [2.24, 2.45) is 0 Å². The van der Waals surface area contributed by atoms with Gasteiger partial charge in [0.25, 0.3) is 17.2 Å². The maximum atomic E-state index is 12.8. The fraction of sp³-hybridized carbons (Fsp3) is 0.238. The molecule has 0 aliphatic rings. The number of carbonyl (C=O) groups is 2. The second-order valence-corrected chi connectivity index (χ2v) is 7.29. The number of aromatic nitrogens is 2. The zero-order valence-electron chi connectivity index (χ0n) is 17.2. The van der Waals surface area contributed by atoms with E-state index in [9.17, 15) is 24.5 Å². The van der Waals surface area contributed by atoms with Crippen LogP contribution in [0.25, 0.3) is 10.8 Å². The van der Waals surface area contributed by atoms with Crippen LogP contribution in [0.5, 0.6) is 0 Å². The highest BCUT2D eigenvalue weighted by Gasteiger charge is 2.24. The highest BCUT2D eigenvalue weighted by molar-refractivity contribution is 6.33. The van der Waals surface area contributed by atoms with Crippen LogP contribution in [0.15, 0.2) is 47.3 Å². The molecule has 1 N–H and O–H groups in total. The first-order valence-electron chi connectivity index (χ1n) is 9.68. The molecule has 0 spiro atoms. The summed E-state index contributed by atoms with van der Waals surface area (Å²) in [7, 11) is 0. The molecule has 0 fully saturated rings. The van der Waals surface area contributed by atoms with Gasteiger partial charge in [0, 0.05) is 24.1 Å². The number of amides is 1. The molecule has 3 aromatic rings. The van der Waals surface area contributed by atoms with Gasteiger partial charge in [0.2, 0.25) is 0 Å². The van der Waals surface area contributed by atoms with E-state index >= 15 is 0 Å². The lowest BCUT2D eigenvalue weighted by Crippen LogP contribution is -2.32. The molecule has 0 saturated heterocycles. The minimum Gasteiger partial charge on any atom is -0.448 e. The Hall–Kier alpha value is -3.79. The Labute approximate surface area is 186 Å². The monoisotopic (exact) mass is 458 g/mol. The summed E-state index contributed by atoms with van der Waals surface area (Å²) < 4.78 is 6.45. The summed E-state index contributed by atoms with van der Waals surface area (Å²) in [6, 6.07) is 10.1. The standard InChI is InChI=1S/C21H19ClN4O6/c1-3-10-25-20(28)15-7-5-4-6-14(15)18(24-25)21(29)32-12(2)19(27)23-17-11-13(26(30)31)8-9-16(17)22/h4-9,11-12H,3,10H2,1-2H3,(H,23,27)/t12-/m0/s1. The molecule has 166 valence electrons. The number of nitro benzene ring substituents is 1. The number of benzene rings is 2. The Morgan fingerprint density at radius 2 is 1.94 bits per heavy atom. The van der Waals surface area contributed by atoms with Crippen molar-refractivity contribution < 1.29 is 19.2 Å². The number of aryl methyl sites for hydroxylation is 1. The molecule has 0 bridgehead atoms. The van der Waals surface area contributed by atoms with Crippen molar-refractivity contribution in [2.75, 3.05) is 5.32 Å². The summed E-state index contributed by atoms with van der Waals surface area (Å²) in [6.45, 7) is 3.51. The normalized spacial score (nSPS) is 11.7. The van der Waals surface area contributed by atoms with Gasteiger partial charge in [0.15, 0.2) is 11.8 Å². The number of non-ortho nitro benzene ring substituents is 1. The predicted molar refractivity (Wildman–Crippen MR) is 118 cm³/mol. The number of rotatable bonds is 7. The number of nitrogens with one attached hydrogen (secondary N) is 1. The number of esters is 1. The minimum atomic E-state index is -1.27. The molecule has 0 radical (unpaired) electrons. The maximum Gasteiger partial charge on any atom is 0.360 e. The van der Waals surface area contributed by atoms with Gasteiger partial charge in [-0.1, -0.05) is 36.7 Å². The topological polar surface area (TPSA) is 133 Å². The molecule has 0 aliphatic carbocycles. The van der Waals surface area contributed by atoms with E-state index in [0.717, 1.165) is 6.07 Å². The van der Waals surface area contributed by atoms with Crippen LogP contribution >= 0.6 is 11.6 Å². The third-order valence-corrected chi connectivity index (χ3v) is 4.90. The highest BCUT2D eigenvalue weighted by atomic mass is 35.5. The van der Waals surface area contributed by atoms with Crippen LogP contribution in [-0.4, -0.2) is 32.7 Å². The van der Waals surface area contributed by atoms with E-state index in [1.54, 1.807) is 24.3 Å². The Kier molecular flexibility index (Phi) is 6.84. The van der Waals surface area contributed by atoms with E-state index in [-0.39, 0.29) is 27.7 Å². The number of ether oxygens (including phenoxy) is 1. The van der Waals surface area contributed by atoms with Crippen LogP contribution in [0.1, 0.15) is 30.8 Å². The van der Waals surface area contributed by atoms with Gasteiger partial charge in [-0.25, -0.2) is 9.48 Å². The van der Waals surface area contributed by atoms with Crippen molar-refractivity contribution in [1.29, 1.82) is 0 Å². The molecule has 0 aliphatic heterocycles. The van der Waals surface area contributed by atoms with E-state index < -0.39 is 22.9 Å². The van der Waals surface area contributed by atoms with Crippen LogP contribution in [0, 0.1) is 10.1 Å². The molecular formula is C21H19ClN4O6. The van der Waals surface area contributed by atoms with Crippen molar-refractivity contribution in [3.8, 4) is 0 Å². The average molecular weight is 459 g/mol. The fourth-order valence-electron chi connectivity index (χ4n) is 2.98. The van der Waals surface area contributed by atoms with E-state index in [4.69, 9.17) is 16.3 Å². The van der Waals surface area contributed by atoms with Gasteiger partial charge < -0.3 is 10.1 Å². The number of nitro groups is 1. The van der Waals surface area contributed by atoms with E-state index in [0.29, 0.717) is 23.7 Å². The second kappa shape index (κ2) is 9.56. The van der Waals surface area contributed by atoms with Crippen molar-refractivity contribution >= 4 is 45.6 Å². The van der Waals surface area contributed by atoms with E-state index in [2.05, 4.69) is 10.4 Å². The summed E-state index contributed by atoms with van der Waals surface area (Å²) in [5.41, 5.74) is -0.677. The number of nitrogens with zero attached hydrogens (tertiary/aromatic N) is 3. The number of carbonyl (C=O) groups excluding carboxylic acids is 2. The summed E-state index contributed by atoms with van der Waals surface area (Å²) in [5.74, 6) is -1.63. The van der Waals surface area contributed by atoms with Crippen LogP contribution in [0.3, 0.4) is 0 Å². The van der Waals surface area contributed by atoms with Crippen LogP contribution < -0.4 is 10.9 Å². The van der Waals surface area contributed by atoms with Gasteiger partial charge >= 0.3 is 5.97 Å². The number of halogens is 1. The minimum absolute atomic E-state index is 0.00818. The first-order valence-corrected chi connectivity index (χ1v) is 10.1. The van der Waals surface area contributed by atoms with Gasteiger partial charge in [-0.3, -0.25) is 19.7 Å². The Morgan fingerprint density at radius 1 is 1.25 bits per heavy atom. The van der Waals surface area contributed by atoms with Crippen molar-refractivity contribution in [2.45, 2.75) is 32.9 Å². The van der Waals surface area contributed by atoms with Gasteiger partial charge in [0.05, 0.1) is 21.0 Å². The molecule has 1 heterocycles. The van der Waals surface area contributed by atoms with E-state index in [1.165, 1.54) is 23.7 Å². The number of hydrogen-bond acceptors (Lipinski definition) is 7. The molecule has 0 saturated carbocycles. The second-order valence-electron chi connectivity index (χ2n) is 6.88. The lowest BCUT2D eigenvalue weighted by atomic mass is 10.1. The molecule has 10 nitrogen and oxygen atoms in total. The number of hydrogen-bond donors (Lipinski definition) is 1. The third-order valence-electron chi connectivity index (χ3n) is 4.57. The Bertz CT molecular complexity index is 1270. The molecule has 3 rings (SSSR count). The maximum absolute atomic E-state index is 12.8. The molecule has 32 heavy (non-hydrogen) atoms. The smallest absolute Gasteiger partial charge is 0.360 e. The largest absolute Gasteiger partial charge is 0.448 e. The quantitative estimate of drug-likeness (QED) is 0.325. The van der Waals surface area contributed by atoms with Crippen molar-refractivity contribution in [3.05, 3.63) is 73.6 Å². The third kappa shape index (κ3) is 4.75. The van der Waals surface area contributed by atoms with Crippen LogP contribution in [0.4, 0.5) is 11.4 Å². The van der Waals surface area contributed by atoms with Crippen molar-refractivity contribution in [1.82, 2.24) is 9.78 Å². The lowest BCUT2D eigenvalue weighted by Gasteiger charge is -2.15. The lowest BCUT2D eigenvalue weighted by molar-refractivity contribution is -0.384. The molecule has 11 heteroatoms. The average Bonchev–Trinajstić information content (AvgIpc) is 2.77. The summed E-state index contributed by atoms with van der Waals surface area (Å²) in [5, 5.41) is 18.2. The van der Waals surface area contributed by atoms with Gasteiger partial charge in [-0.2, -0.15) is 5.10 Å². The van der Waals surface area contributed by atoms with Gasteiger partial charge in [0.1, 0.15) is 0 Å². The molecule has 2 aromatic carbocycles. The number of fused-ring (bicyclic) bond motifs is 1. The first kappa shape index (κ1) is 22.9. The molecular weight excluding hydrogens is 440 g/mol. The van der Waals surface area contributed by atoms with Gasteiger partial charge in [-0.15, -0.1) is 0 Å². The highest BCUT2D eigenvalue weighted by Crippen LogP contribution is 2.27. The summed E-state index contributed by atoms with van der Waals surface area (Å²) in [6.07, 6.45) is -0.646. The molecule has 1 aromatic heterocycles. The Morgan fingerprint density at radius 3 is 2.59 bits per heavy atom. The van der Waals surface area contributed by atoms with Gasteiger partial charge in [-0.05, 0) is 25.5 Å². The number of anilines is 1. The summed E-state index contributed by atoms with van der Waals surface area (Å²) >= 11 is 5.99. The molecule has 0 unspecified atom stereocenters. The SMILES string of the molecule is CCCn1nc(C(=O)O[C@@H](C)C(=O)Nc2cc([N+](=O)[O-])ccc2Cl)c2ccccc2c1=O. The molecule has 1 amide bonds.